The summed E-state index contributed by atoms with van der Waals surface area (Å²) in [7, 11) is -3.24. The molecule has 0 amide bonds. The van der Waals surface area contributed by atoms with Gasteiger partial charge < -0.3 is 5.32 Å². The van der Waals surface area contributed by atoms with E-state index < -0.39 is 10.2 Å². The van der Waals surface area contributed by atoms with Gasteiger partial charge >= 0.3 is 0 Å². The van der Waals surface area contributed by atoms with E-state index in [1.54, 1.807) is 4.31 Å². The van der Waals surface area contributed by atoms with E-state index in [4.69, 9.17) is 0 Å². The van der Waals surface area contributed by atoms with Gasteiger partial charge in [-0.05, 0) is 39.2 Å². The molecule has 0 aromatic carbocycles. The maximum absolute atomic E-state index is 11.9. The summed E-state index contributed by atoms with van der Waals surface area (Å²) in [6.07, 6.45) is 4.13. The molecule has 0 spiro atoms. The zero-order valence-corrected chi connectivity index (χ0v) is 10.6. The Morgan fingerprint density at radius 1 is 1.31 bits per heavy atom. The van der Waals surface area contributed by atoms with Crippen LogP contribution in [0.2, 0.25) is 0 Å². The minimum atomic E-state index is -3.24. The average molecular weight is 247 g/mol. The van der Waals surface area contributed by atoms with Crippen LogP contribution >= 0.6 is 0 Å². The molecule has 94 valence electrons. The molecule has 6 heteroatoms. The smallest absolute Gasteiger partial charge is 0.279 e. The fourth-order valence-corrected chi connectivity index (χ4v) is 3.80. The summed E-state index contributed by atoms with van der Waals surface area (Å²) >= 11 is 0. The van der Waals surface area contributed by atoms with Crippen molar-refractivity contribution in [1.82, 2.24) is 14.3 Å². The van der Waals surface area contributed by atoms with Gasteiger partial charge in [0.05, 0.1) is 0 Å². The second-order valence-corrected chi connectivity index (χ2v) is 6.78. The molecule has 16 heavy (non-hydrogen) atoms. The predicted octanol–water partition coefficient (Wildman–Crippen LogP) is 0.0587. The lowest BCUT2D eigenvalue weighted by atomic mass is 10.0. The molecular formula is C10H21N3O2S. The summed E-state index contributed by atoms with van der Waals surface area (Å²) < 4.78 is 28.1. The highest BCUT2D eigenvalue weighted by atomic mass is 32.2. The first-order chi connectivity index (χ1) is 7.52. The van der Waals surface area contributed by atoms with Crippen molar-refractivity contribution in [3.8, 4) is 0 Å². The molecule has 0 aromatic heterocycles. The third-order valence-corrected chi connectivity index (χ3v) is 5.06. The fourth-order valence-electron chi connectivity index (χ4n) is 2.38. The number of nitrogens with zero attached hydrogens (tertiary/aromatic N) is 1. The molecule has 2 rings (SSSR count). The Bertz CT molecular complexity index is 330. The summed E-state index contributed by atoms with van der Waals surface area (Å²) in [5, 5.41) is 3.35. The minimum Gasteiger partial charge on any atom is -0.310 e. The van der Waals surface area contributed by atoms with E-state index in [1.807, 2.05) is 0 Å². The maximum atomic E-state index is 11.9. The molecule has 1 unspecified atom stereocenters. The molecule has 5 nitrogen and oxygen atoms in total. The van der Waals surface area contributed by atoms with Crippen molar-refractivity contribution in [3.63, 3.8) is 0 Å². The van der Waals surface area contributed by atoms with Crippen molar-refractivity contribution in [2.24, 2.45) is 0 Å². The Kier molecular flexibility index (Phi) is 3.53. The first-order valence-electron chi connectivity index (χ1n) is 6.02. The van der Waals surface area contributed by atoms with Gasteiger partial charge in [0.2, 0.25) is 0 Å². The van der Waals surface area contributed by atoms with Crippen LogP contribution in [0.5, 0.6) is 0 Å². The van der Waals surface area contributed by atoms with Crippen LogP contribution in [0.3, 0.4) is 0 Å². The van der Waals surface area contributed by atoms with Crippen molar-refractivity contribution in [2.45, 2.75) is 38.1 Å². The van der Waals surface area contributed by atoms with Crippen molar-refractivity contribution in [2.75, 3.05) is 26.2 Å². The maximum Gasteiger partial charge on any atom is 0.279 e. The van der Waals surface area contributed by atoms with Crippen molar-refractivity contribution in [1.29, 1.82) is 0 Å². The second kappa shape index (κ2) is 4.60. The van der Waals surface area contributed by atoms with Crippen LogP contribution in [0.4, 0.5) is 0 Å². The summed E-state index contributed by atoms with van der Waals surface area (Å²) in [5.74, 6) is 0. The molecule has 2 fully saturated rings. The van der Waals surface area contributed by atoms with Gasteiger partial charge in [0.25, 0.3) is 10.2 Å². The SMILES string of the molecule is CC1(CNS(=O)(=O)N2CCCC2)CCCN1. The molecule has 2 aliphatic heterocycles. The van der Waals surface area contributed by atoms with Crippen molar-refractivity contribution < 1.29 is 8.42 Å². The molecule has 2 N–H and O–H groups in total. The lowest BCUT2D eigenvalue weighted by molar-refractivity contribution is 0.396. The van der Waals surface area contributed by atoms with Crippen LogP contribution in [0.1, 0.15) is 32.6 Å². The van der Waals surface area contributed by atoms with E-state index >= 15 is 0 Å². The monoisotopic (exact) mass is 247 g/mol. The first-order valence-corrected chi connectivity index (χ1v) is 7.46. The minimum absolute atomic E-state index is 0.0627. The lowest BCUT2D eigenvalue weighted by Crippen LogP contribution is -2.50. The molecule has 0 saturated carbocycles. The molecule has 0 bridgehead atoms. The van der Waals surface area contributed by atoms with Gasteiger partial charge in [0, 0.05) is 25.2 Å². The largest absolute Gasteiger partial charge is 0.310 e. The number of hydrogen-bond donors (Lipinski definition) is 2. The predicted molar refractivity (Wildman–Crippen MR) is 63.4 cm³/mol. The molecule has 2 heterocycles. The fraction of sp³-hybridized carbons (Fsp3) is 1.00. The highest BCUT2D eigenvalue weighted by Crippen LogP contribution is 2.18. The van der Waals surface area contributed by atoms with Gasteiger partial charge in [0.15, 0.2) is 0 Å². The van der Waals surface area contributed by atoms with Crippen LogP contribution in [0.15, 0.2) is 0 Å². The van der Waals surface area contributed by atoms with Gasteiger partial charge in [-0.3, -0.25) is 0 Å². The first kappa shape index (κ1) is 12.3. The van der Waals surface area contributed by atoms with Crippen LogP contribution in [-0.2, 0) is 10.2 Å². The number of nitrogens with one attached hydrogen (secondary N) is 2. The van der Waals surface area contributed by atoms with Gasteiger partial charge in [-0.25, -0.2) is 4.72 Å². The van der Waals surface area contributed by atoms with Gasteiger partial charge in [-0.2, -0.15) is 12.7 Å². The molecule has 2 saturated heterocycles. The Labute approximate surface area is 97.8 Å². The van der Waals surface area contributed by atoms with Crippen LogP contribution < -0.4 is 10.0 Å². The summed E-state index contributed by atoms with van der Waals surface area (Å²) in [4.78, 5) is 0. The van der Waals surface area contributed by atoms with Gasteiger partial charge in [-0.15, -0.1) is 0 Å². The molecule has 0 aromatic rings. The lowest BCUT2D eigenvalue weighted by Gasteiger charge is -2.26. The van der Waals surface area contributed by atoms with Crippen LogP contribution in [0.25, 0.3) is 0 Å². The Balaban J connectivity index is 1.88. The third kappa shape index (κ3) is 2.74. The molecule has 0 radical (unpaired) electrons. The summed E-state index contributed by atoms with van der Waals surface area (Å²) in [6.45, 7) is 4.89. The molecule has 1 atom stereocenters. The normalized spacial score (nSPS) is 32.3. The molecule has 0 aliphatic carbocycles. The Hall–Kier alpha value is -0.170. The van der Waals surface area contributed by atoms with Gasteiger partial charge in [-0.1, -0.05) is 0 Å². The van der Waals surface area contributed by atoms with E-state index in [9.17, 15) is 8.42 Å². The molecular weight excluding hydrogens is 226 g/mol. The summed E-state index contributed by atoms with van der Waals surface area (Å²) in [5.41, 5.74) is -0.0627. The van der Waals surface area contributed by atoms with E-state index in [0.29, 0.717) is 19.6 Å². The second-order valence-electron chi connectivity index (χ2n) is 5.02. The molecule has 2 aliphatic rings. The topological polar surface area (TPSA) is 61.4 Å². The van der Waals surface area contributed by atoms with E-state index in [-0.39, 0.29) is 5.54 Å². The van der Waals surface area contributed by atoms with Crippen molar-refractivity contribution in [3.05, 3.63) is 0 Å². The van der Waals surface area contributed by atoms with Gasteiger partial charge in [0.1, 0.15) is 0 Å². The van der Waals surface area contributed by atoms with E-state index in [1.165, 1.54) is 0 Å². The zero-order chi connectivity index (χ0) is 11.6. The standard InChI is InChI=1S/C10H21N3O2S/c1-10(5-4-6-11-10)9-12-16(14,15)13-7-2-3-8-13/h11-12H,2-9H2,1H3. The summed E-state index contributed by atoms with van der Waals surface area (Å²) in [6, 6.07) is 0. The Morgan fingerprint density at radius 2 is 2.00 bits per heavy atom. The van der Waals surface area contributed by atoms with Crippen molar-refractivity contribution >= 4 is 10.2 Å². The Morgan fingerprint density at radius 3 is 2.56 bits per heavy atom. The number of hydrogen-bond acceptors (Lipinski definition) is 3. The van der Waals surface area contributed by atoms with Crippen LogP contribution in [0, 0.1) is 0 Å². The number of rotatable bonds is 4. The highest BCUT2D eigenvalue weighted by Gasteiger charge is 2.31. The highest BCUT2D eigenvalue weighted by molar-refractivity contribution is 7.87. The third-order valence-electron chi connectivity index (χ3n) is 3.51. The zero-order valence-electron chi connectivity index (χ0n) is 9.83. The van der Waals surface area contributed by atoms with E-state index in [0.717, 1.165) is 32.2 Å². The van der Waals surface area contributed by atoms with E-state index in [2.05, 4.69) is 17.0 Å². The van der Waals surface area contributed by atoms with Crippen LogP contribution in [-0.4, -0.2) is 44.4 Å². The quantitative estimate of drug-likeness (QED) is 0.738. The average Bonchev–Trinajstić information content (AvgIpc) is 2.86.